The van der Waals surface area contributed by atoms with Crippen molar-refractivity contribution in [3.8, 4) is 17.2 Å². The van der Waals surface area contributed by atoms with Gasteiger partial charge in [-0.25, -0.2) is 0 Å². The van der Waals surface area contributed by atoms with E-state index in [-0.39, 0.29) is 6.79 Å². The Labute approximate surface area is 107 Å². The van der Waals surface area contributed by atoms with Crippen molar-refractivity contribution < 1.29 is 14.6 Å². The first-order chi connectivity index (χ1) is 8.76. The van der Waals surface area contributed by atoms with Crippen LogP contribution in [0.2, 0.25) is 0 Å². The third-order valence-corrected chi connectivity index (χ3v) is 3.92. The quantitative estimate of drug-likeness (QED) is 0.893. The zero-order chi connectivity index (χ0) is 12.5. The number of benzene rings is 1. The summed E-state index contributed by atoms with van der Waals surface area (Å²) in [5, 5.41) is 10.00. The Morgan fingerprint density at radius 1 is 1.33 bits per heavy atom. The smallest absolute Gasteiger partial charge is 0.231 e. The van der Waals surface area contributed by atoms with Gasteiger partial charge in [-0.3, -0.25) is 4.90 Å². The summed E-state index contributed by atoms with van der Waals surface area (Å²) in [6.45, 7) is 5.53. The van der Waals surface area contributed by atoms with Crippen molar-refractivity contribution in [2.75, 3.05) is 19.9 Å². The van der Waals surface area contributed by atoms with E-state index in [0.717, 1.165) is 36.9 Å². The molecule has 0 amide bonds. The molecule has 1 atom stereocenters. The number of nitrogens with zero attached hydrogens (tertiary/aromatic N) is 1. The predicted octanol–water partition coefficient (Wildman–Crippen LogP) is 2.35. The lowest BCUT2D eigenvalue weighted by Crippen LogP contribution is -2.20. The van der Waals surface area contributed by atoms with Gasteiger partial charge in [0.05, 0.1) is 0 Å². The second-order valence-corrected chi connectivity index (χ2v) is 5.13. The molecule has 1 unspecified atom stereocenters. The van der Waals surface area contributed by atoms with E-state index < -0.39 is 0 Å². The lowest BCUT2D eigenvalue weighted by Gasteiger charge is -2.16. The number of phenols is 1. The summed E-state index contributed by atoms with van der Waals surface area (Å²) in [5.41, 5.74) is 0.927. The zero-order valence-corrected chi connectivity index (χ0v) is 10.7. The van der Waals surface area contributed by atoms with Gasteiger partial charge in [-0.15, -0.1) is 0 Å². The van der Waals surface area contributed by atoms with Crippen molar-refractivity contribution in [2.45, 2.75) is 26.3 Å². The molecule has 1 fully saturated rings. The molecular formula is C14H19NO3. The highest BCUT2D eigenvalue weighted by Crippen LogP contribution is 2.38. The molecule has 2 aliphatic rings. The Morgan fingerprint density at radius 3 is 2.83 bits per heavy atom. The van der Waals surface area contributed by atoms with Gasteiger partial charge in [0.2, 0.25) is 6.79 Å². The second-order valence-electron chi connectivity index (χ2n) is 5.13. The van der Waals surface area contributed by atoms with E-state index in [1.54, 1.807) is 6.07 Å². The van der Waals surface area contributed by atoms with Crippen molar-refractivity contribution in [3.05, 3.63) is 17.7 Å². The molecular weight excluding hydrogens is 230 g/mol. The largest absolute Gasteiger partial charge is 0.507 e. The minimum Gasteiger partial charge on any atom is -0.507 e. The average molecular weight is 249 g/mol. The van der Waals surface area contributed by atoms with Gasteiger partial charge in [0.15, 0.2) is 11.5 Å². The maximum absolute atomic E-state index is 10.00. The summed E-state index contributed by atoms with van der Waals surface area (Å²) < 4.78 is 10.6. The number of ether oxygens (including phenoxy) is 2. The van der Waals surface area contributed by atoms with Gasteiger partial charge in [0.1, 0.15) is 5.75 Å². The van der Waals surface area contributed by atoms with Crippen LogP contribution in [0.1, 0.15) is 25.3 Å². The summed E-state index contributed by atoms with van der Waals surface area (Å²) in [4.78, 5) is 2.39. The minimum atomic E-state index is 0.250. The number of rotatable bonds is 3. The Morgan fingerprint density at radius 2 is 2.11 bits per heavy atom. The third kappa shape index (κ3) is 2.12. The monoisotopic (exact) mass is 249 g/mol. The topological polar surface area (TPSA) is 41.9 Å². The Hall–Kier alpha value is -1.42. The van der Waals surface area contributed by atoms with Crippen molar-refractivity contribution in [2.24, 2.45) is 5.92 Å². The maximum Gasteiger partial charge on any atom is 0.231 e. The Bertz CT molecular complexity index is 447. The van der Waals surface area contributed by atoms with E-state index in [0.29, 0.717) is 11.5 Å². The van der Waals surface area contributed by atoms with Gasteiger partial charge < -0.3 is 14.6 Å². The molecule has 4 nitrogen and oxygen atoms in total. The zero-order valence-electron chi connectivity index (χ0n) is 10.7. The average Bonchev–Trinajstić information content (AvgIpc) is 2.98. The number of likely N-dealkylation sites (tertiary alicyclic amines) is 1. The first-order valence-electron chi connectivity index (χ1n) is 6.60. The van der Waals surface area contributed by atoms with Crippen LogP contribution in [0, 0.1) is 5.92 Å². The Kier molecular flexibility index (Phi) is 3.04. The second kappa shape index (κ2) is 4.69. The number of aromatic hydroxyl groups is 1. The van der Waals surface area contributed by atoms with Crippen LogP contribution in [0.4, 0.5) is 0 Å². The van der Waals surface area contributed by atoms with Crippen LogP contribution >= 0.6 is 0 Å². The highest BCUT2D eigenvalue weighted by Gasteiger charge is 2.23. The van der Waals surface area contributed by atoms with E-state index >= 15 is 0 Å². The van der Waals surface area contributed by atoms with Crippen LogP contribution in [0.15, 0.2) is 12.1 Å². The predicted molar refractivity (Wildman–Crippen MR) is 67.9 cm³/mol. The van der Waals surface area contributed by atoms with Crippen LogP contribution in [-0.4, -0.2) is 29.9 Å². The summed E-state index contributed by atoms with van der Waals surface area (Å²) in [6, 6.07) is 3.56. The van der Waals surface area contributed by atoms with E-state index in [9.17, 15) is 5.11 Å². The van der Waals surface area contributed by atoms with Crippen molar-refractivity contribution >= 4 is 0 Å². The lowest BCUT2D eigenvalue weighted by atomic mass is 10.1. The number of hydrogen-bond donors (Lipinski definition) is 1. The normalized spacial score (nSPS) is 22.6. The molecule has 0 bridgehead atoms. The van der Waals surface area contributed by atoms with Crippen molar-refractivity contribution in [3.63, 3.8) is 0 Å². The van der Waals surface area contributed by atoms with Gasteiger partial charge in [0, 0.05) is 24.7 Å². The number of hydrogen-bond acceptors (Lipinski definition) is 4. The molecule has 1 N–H and O–H groups in total. The highest BCUT2D eigenvalue weighted by molar-refractivity contribution is 5.51. The molecule has 1 aromatic carbocycles. The Balaban J connectivity index is 1.73. The molecule has 0 spiro atoms. The highest BCUT2D eigenvalue weighted by atomic mass is 16.7. The van der Waals surface area contributed by atoms with Crippen LogP contribution in [0.5, 0.6) is 17.2 Å². The summed E-state index contributed by atoms with van der Waals surface area (Å²) in [7, 11) is 0. The molecule has 1 aromatic rings. The molecule has 0 saturated carbocycles. The van der Waals surface area contributed by atoms with Gasteiger partial charge >= 0.3 is 0 Å². The van der Waals surface area contributed by atoms with Crippen molar-refractivity contribution in [1.29, 1.82) is 0 Å². The number of fused-ring (bicyclic) bond motifs is 1. The van der Waals surface area contributed by atoms with Gasteiger partial charge in [0.25, 0.3) is 0 Å². The first-order valence-corrected chi connectivity index (χ1v) is 6.60. The standard InChI is InChI=1S/C14H19NO3/c1-2-10-3-4-15(7-10)8-11-5-13-14(6-12(11)16)18-9-17-13/h5-6,10,16H,2-4,7-9H2,1H3. The molecule has 4 heteroatoms. The van der Waals surface area contributed by atoms with E-state index in [2.05, 4.69) is 11.8 Å². The fraction of sp³-hybridized carbons (Fsp3) is 0.571. The van der Waals surface area contributed by atoms with E-state index in [4.69, 9.17) is 9.47 Å². The van der Waals surface area contributed by atoms with Gasteiger partial charge in [-0.1, -0.05) is 13.3 Å². The molecule has 0 aliphatic carbocycles. The molecule has 0 radical (unpaired) electrons. The van der Waals surface area contributed by atoms with Crippen molar-refractivity contribution in [1.82, 2.24) is 4.90 Å². The van der Waals surface area contributed by atoms with Crippen LogP contribution in [0.3, 0.4) is 0 Å². The number of phenolic OH excluding ortho intramolecular Hbond substituents is 1. The SMILES string of the molecule is CCC1CCN(Cc2cc3c(cc2O)OCO3)C1. The molecule has 1 saturated heterocycles. The minimum absolute atomic E-state index is 0.250. The molecule has 2 heterocycles. The van der Waals surface area contributed by atoms with E-state index in [1.165, 1.54) is 12.8 Å². The van der Waals surface area contributed by atoms with Gasteiger partial charge in [-0.05, 0) is 24.9 Å². The molecule has 18 heavy (non-hydrogen) atoms. The summed E-state index contributed by atoms with van der Waals surface area (Å²) in [5.74, 6) is 2.50. The fourth-order valence-electron chi connectivity index (χ4n) is 2.73. The first kappa shape index (κ1) is 11.7. The van der Waals surface area contributed by atoms with Crippen LogP contribution < -0.4 is 9.47 Å². The molecule has 98 valence electrons. The summed E-state index contributed by atoms with van der Waals surface area (Å²) >= 11 is 0. The lowest BCUT2D eigenvalue weighted by molar-refractivity contribution is 0.174. The summed E-state index contributed by atoms with van der Waals surface area (Å²) in [6.07, 6.45) is 2.51. The van der Waals surface area contributed by atoms with Gasteiger partial charge in [-0.2, -0.15) is 0 Å². The molecule has 0 aromatic heterocycles. The third-order valence-electron chi connectivity index (χ3n) is 3.92. The maximum atomic E-state index is 10.00. The van der Waals surface area contributed by atoms with Crippen LogP contribution in [0.25, 0.3) is 0 Å². The fourth-order valence-corrected chi connectivity index (χ4v) is 2.73. The molecule has 2 aliphatic heterocycles. The van der Waals surface area contributed by atoms with E-state index in [1.807, 2.05) is 6.07 Å². The van der Waals surface area contributed by atoms with Crippen LogP contribution in [-0.2, 0) is 6.54 Å². The molecule has 3 rings (SSSR count).